The number of ether oxygens (including phenoxy) is 1. The topological polar surface area (TPSA) is 50.1 Å². The first-order valence-corrected chi connectivity index (χ1v) is 7.22. The highest BCUT2D eigenvalue weighted by Gasteiger charge is 2.20. The third-order valence-electron chi connectivity index (χ3n) is 2.94. The second-order valence-corrected chi connectivity index (χ2v) is 6.01. The summed E-state index contributed by atoms with van der Waals surface area (Å²) in [6, 6.07) is 6.03. The van der Waals surface area contributed by atoms with Crippen LogP contribution in [0.2, 0.25) is 0 Å². The summed E-state index contributed by atoms with van der Waals surface area (Å²) in [6.45, 7) is 1.28. The summed E-state index contributed by atoms with van der Waals surface area (Å²) >= 11 is 0. The molecule has 18 heavy (non-hydrogen) atoms. The Bertz CT molecular complexity index is 492. The van der Waals surface area contributed by atoms with E-state index in [1.165, 1.54) is 12.1 Å². The molecule has 1 aromatic carbocycles. The van der Waals surface area contributed by atoms with Crippen LogP contribution in [-0.2, 0) is 21.3 Å². The van der Waals surface area contributed by atoms with Crippen LogP contribution >= 0.6 is 0 Å². The van der Waals surface area contributed by atoms with Crippen LogP contribution in [-0.4, -0.2) is 22.7 Å². The van der Waals surface area contributed by atoms with E-state index in [-0.39, 0.29) is 10.8 Å². The highest BCUT2D eigenvalue weighted by molar-refractivity contribution is 7.84. The van der Waals surface area contributed by atoms with Crippen molar-refractivity contribution in [2.24, 2.45) is 0 Å². The summed E-state index contributed by atoms with van der Waals surface area (Å²) in [4.78, 5) is 0. The minimum Gasteiger partial charge on any atom is -0.381 e. The van der Waals surface area contributed by atoms with Gasteiger partial charge < -0.3 is 4.74 Å². The zero-order valence-electron chi connectivity index (χ0n) is 9.89. The first-order chi connectivity index (χ1) is 8.69. The minimum atomic E-state index is -1.03. The van der Waals surface area contributed by atoms with Gasteiger partial charge in [-0.1, -0.05) is 0 Å². The van der Waals surface area contributed by atoms with Gasteiger partial charge in [0.15, 0.2) is 0 Å². The monoisotopic (exact) mass is 267 g/mol. The Hall–Kier alpha value is -1.25. The molecule has 1 aliphatic rings. The smallest absolute Gasteiger partial charge is 0.124 e. The van der Waals surface area contributed by atoms with Crippen molar-refractivity contribution >= 4 is 10.8 Å². The normalized spacial score (nSPS) is 18.2. The quantitative estimate of drug-likeness (QED) is 0.843. The van der Waals surface area contributed by atoms with Crippen molar-refractivity contribution in [3.63, 3.8) is 0 Å². The van der Waals surface area contributed by atoms with E-state index in [0.29, 0.717) is 24.5 Å². The van der Waals surface area contributed by atoms with Crippen LogP contribution in [0, 0.1) is 17.1 Å². The molecule has 0 amide bonds. The molecule has 2 rings (SSSR count). The maximum Gasteiger partial charge on any atom is 0.124 e. The number of nitriles is 1. The first-order valence-electron chi connectivity index (χ1n) is 5.83. The van der Waals surface area contributed by atoms with Crippen LogP contribution < -0.4 is 0 Å². The average Bonchev–Trinajstić information content (AvgIpc) is 2.39. The molecule has 1 fully saturated rings. The Balaban J connectivity index is 2.06. The summed E-state index contributed by atoms with van der Waals surface area (Å²) in [5.41, 5.74) is 0.894. The molecule has 0 aliphatic carbocycles. The molecule has 96 valence electrons. The number of halogens is 1. The fourth-order valence-corrected chi connectivity index (χ4v) is 3.47. The van der Waals surface area contributed by atoms with Crippen molar-refractivity contribution in [2.45, 2.75) is 23.8 Å². The minimum absolute atomic E-state index is 0.118. The molecule has 1 aromatic rings. The lowest BCUT2D eigenvalue weighted by Crippen LogP contribution is -2.25. The molecular formula is C13H14FNO2S. The van der Waals surface area contributed by atoms with Crippen molar-refractivity contribution in [2.75, 3.05) is 13.2 Å². The van der Waals surface area contributed by atoms with E-state index in [2.05, 4.69) is 0 Å². The zero-order chi connectivity index (χ0) is 13.0. The van der Waals surface area contributed by atoms with Crippen LogP contribution in [0.25, 0.3) is 0 Å². The van der Waals surface area contributed by atoms with Gasteiger partial charge in [-0.05, 0) is 36.6 Å². The van der Waals surface area contributed by atoms with E-state index in [1.54, 1.807) is 6.07 Å². The van der Waals surface area contributed by atoms with Crippen molar-refractivity contribution in [3.05, 3.63) is 35.1 Å². The van der Waals surface area contributed by atoms with Crippen LogP contribution in [0.1, 0.15) is 24.0 Å². The van der Waals surface area contributed by atoms with Gasteiger partial charge >= 0.3 is 0 Å². The SMILES string of the molecule is N#Cc1cc(F)cc(CS(=O)C2CCOCC2)c1. The molecule has 0 aromatic heterocycles. The lowest BCUT2D eigenvalue weighted by atomic mass is 10.1. The molecule has 0 bridgehead atoms. The maximum atomic E-state index is 13.2. The summed E-state index contributed by atoms with van der Waals surface area (Å²) in [7, 11) is -1.03. The van der Waals surface area contributed by atoms with Crippen LogP contribution in [0.5, 0.6) is 0 Å². The van der Waals surface area contributed by atoms with Gasteiger partial charge in [0, 0.05) is 35.0 Å². The molecular weight excluding hydrogens is 253 g/mol. The number of benzene rings is 1. The third-order valence-corrected chi connectivity index (χ3v) is 4.77. The van der Waals surface area contributed by atoms with Gasteiger partial charge in [-0.3, -0.25) is 4.21 Å². The largest absolute Gasteiger partial charge is 0.381 e. The third kappa shape index (κ3) is 3.37. The zero-order valence-corrected chi connectivity index (χ0v) is 10.7. The van der Waals surface area contributed by atoms with E-state index >= 15 is 0 Å². The number of nitrogens with zero attached hydrogens (tertiary/aromatic N) is 1. The van der Waals surface area contributed by atoms with Gasteiger partial charge in [0.2, 0.25) is 0 Å². The molecule has 0 radical (unpaired) electrons. The van der Waals surface area contributed by atoms with E-state index in [9.17, 15) is 8.60 Å². The van der Waals surface area contributed by atoms with E-state index in [0.717, 1.165) is 12.8 Å². The summed E-state index contributed by atoms with van der Waals surface area (Å²) in [5, 5.41) is 8.88. The molecule has 0 N–H and O–H groups in total. The molecule has 1 unspecified atom stereocenters. The van der Waals surface area contributed by atoms with E-state index in [4.69, 9.17) is 10.00 Å². The van der Waals surface area contributed by atoms with E-state index in [1.807, 2.05) is 6.07 Å². The van der Waals surface area contributed by atoms with Crippen molar-refractivity contribution in [3.8, 4) is 6.07 Å². The van der Waals surface area contributed by atoms with Crippen LogP contribution in [0.15, 0.2) is 18.2 Å². The lowest BCUT2D eigenvalue weighted by Gasteiger charge is -2.21. The van der Waals surface area contributed by atoms with Crippen molar-refractivity contribution in [1.29, 1.82) is 5.26 Å². The Morgan fingerprint density at radius 3 is 2.78 bits per heavy atom. The number of rotatable bonds is 3. The predicted octanol–water partition coefficient (Wildman–Crippen LogP) is 2.13. The second kappa shape index (κ2) is 6.07. The Kier molecular flexibility index (Phi) is 4.45. The Morgan fingerprint density at radius 2 is 2.11 bits per heavy atom. The standard InChI is InChI=1S/C13H14FNO2S/c14-12-6-10(8-15)5-11(7-12)9-18(16)13-1-3-17-4-2-13/h5-7,13H,1-4,9H2. The highest BCUT2D eigenvalue weighted by atomic mass is 32.2. The highest BCUT2D eigenvalue weighted by Crippen LogP contribution is 2.18. The van der Waals surface area contributed by atoms with Gasteiger partial charge in [0.25, 0.3) is 0 Å². The fraction of sp³-hybridized carbons (Fsp3) is 0.462. The number of hydrogen-bond acceptors (Lipinski definition) is 3. The summed E-state index contributed by atoms with van der Waals surface area (Å²) in [5.74, 6) is -0.148. The van der Waals surface area contributed by atoms with Crippen molar-refractivity contribution < 1.29 is 13.3 Å². The van der Waals surface area contributed by atoms with Crippen LogP contribution in [0.4, 0.5) is 4.39 Å². The molecule has 1 atom stereocenters. The Labute approximate surface area is 108 Å². The Morgan fingerprint density at radius 1 is 1.39 bits per heavy atom. The van der Waals surface area contributed by atoms with Gasteiger partial charge in [-0.2, -0.15) is 5.26 Å². The molecule has 5 heteroatoms. The fourth-order valence-electron chi connectivity index (χ4n) is 2.02. The van der Waals surface area contributed by atoms with Crippen LogP contribution in [0.3, 0.4) is 0 Å². The second-order valence-electron chi connectivity index (χ2n) is 4.30. The molecule has 0 spiro atoms. The van der Waals surface area contributed by atoms with Gasteiger partial charge in [0.05, 0.1) is 11.6 Å². The molecule has 1 saturated heterocycles. The van der Waals surface area contributed by atoms with Gasteiger partial charge in [-0.25, -0.2) is 4.39 Å². The van der Waals surface area contributed by atoms with Crippen molar-refractivity contribution in [1.82, 2.24) is 0 Å². The van der Waals surface area contributed by atoms with E-state index < -0.39 is 16.6 Å². The average molecular weight is 267 g/mol. The molecule has 3 nitrogen and oxygen atoms in total. The van der Waals surface area contributed by atoms with Gasteiger partial charge in [0.1, 0.15) is 5.82 Å². The summed E-state index contributed by atoms with van der Waals surface area (Å²) in [6.07, 6.45) is 1.57. The molecule has 1 aliphatic heterocycles. The maximum absolute atomic E-state index is 13.2. The lowest BCUT2D eigenvalue weighted by molar-refractivity contribution is 0.0992. The number of hydrogen-bond donors (Lipinski definition) is 0. The predicted molar refractivity (Wildman–Crippen MR) is 66.8 cm³/mol. The molecule has 1 heterocycles. The van der Waals surface area contributed by atoms with Gasteiger partial charge in [-0.15, -0.1) is 0 Å². The molecule has 0 saturated carbocycles. The summed E-state index contributed by atoms with van der Waals surface area (Å²) < 4.78 is 30.6. The first kappa shape index (κ1) is 13.2.